The van der Waals surface area contributed by atoms with E-state index in [1.165, 1.54) is 0 Å². The predicted octanol–water partition coefficient (Wildman–Crippen LogP) is 1.57. The number of aryl methyl sites for hydroxylation is 2. The summed E-state index contributed by atoms with van der Waals surface area (Å²) in [5, 5.41) is 14.0. The number of benzene rings is 1. The maximum Gasteiger partial charge on any atom is 0.228 e. The molecule has 1 N–H and O–H groups in total. The Morgan fingerprint density at radius 2 is 1.65 bits per heavy atom. The largest absolute Gasteiger partial charge is 0.550 e. The number of carboxylic acid groups (broad SMARTS) is 1. The van der Waals surface area contributed by atoms with Gasteiger partial charge in [-0.25, -0.2) is 0 Å². The lowest BCUT2D eigenvalue weighted by Gasteiger charge is -2.28. The van der Waals surface area contributed by atoms with Crippen molar-refractivity contribution in [1.82, 2.24) is 0 Å². The quantitative estimate of drug-likeness (QED) is 0.849. The molecule has 0 radical (unpaired) electrons. The van der Waals surface area contributed by atoms with Crippen LogP contribution >= 0.6 is 0 Å². The summed E-state index contributed by atoms with van der Waals surface area (Å²) in [5.41, 5.74) is 2.70. The van der Waals surface area contributed by atoms with Crippen molar-refractivity contribution in [2.75, 3.05) is 5.32 Å². The molecule has 1 aliphatic carbocycles. The van der Waals surface area contributed by atoms with Gasteiger partial charge in [-0.1, -0.05) is 30.4 Å². The van der Waals surface area contributed by atoms with Crippen LogP contribution in [0.3, 0.4) is 0 Å². The van der Waals surface area contributed by atoms with Gasteiger partial charge in [-0.15, -0.1) is 0 Å². The Morgan fingerprint density at radius 1 is 1.10 bits per heavy atom. The van der Waals surface area contributed by atoms with Crippen LogP contribution in [-0.2, 0) is 9.59 Å². The molecule has 0 saturated heterocycles. The number of amides is 1. The summed E-state index contributed by atoms with van der Waals surface area (Å²) in [6.07, 6.45) is 4.44. The zero-order valence-corrected chi connectivity index (χ0v) is 11.7. The zero-order valence-electron chi connectivity index (χ0n) is 11.7. The molecule has 2 atom stereocenters. The highest BCUT2D eigenvalue weighted by molar-refractivity contribution is 5.96. The van der Waals surface area contributed by atoms with Crippen molar-refractivity contribution in [1.29, 1.82) is 0 Å². The highest BCUT2D eigenvalue weighted by Gasteiger charge is 2.30. The van der Waals surface area contributed by atoms with Crippen LogP contribution in [0.4, 0.5) is 5.69 Å². The Hall–Kier alpha value is -2.10. The topological polar surface area (TPSA) is 69.2 Å². The average Bonchev–Trinajstić information content (AvgIpc) is 2.43. The standard InChI is InChI=1S/C16H19NO3/c1-10-6-5-7-11(2)14(10)17-15(18)12-8-3-4-9-13(12)16(19)20/h3-7,12-13H,8-9H2,1-2H3,(H,17,18)(H,19,20)/p-1/t12-,13+/m0/s1. The number of nitrogens with one attached hydrogen (secondary N) is 1. The minimum atomic E-state index is -1.16. The van der Waals surface area contributed by atoms with Gasteiger partial charge in [0.25, 0.3) is 0 Å². The number of rotatable bonds is 3. The predicted molar refractivity (Wildman–Crippen MR) is 74.9 cm³/mol. The molecule has 0 unspecified atom stereocenters. The van der Waals surface area contributed by atoms with Crippen LogP contribution in [0, 0.1) is 25.7 Å². The van der Waals surface area contributed by atoms with E-state index in [0.29, 0.717) is 12.8 Å². The molecule has 0 aromatic heterocycles. The lowest BCUT2D eigenvalue weighted by atomic mass is 9.82. The Morgan fingerprint density at radius 3 is 2.20 bits per heavy atom. The number of carboxylic acids is 1. The minimum absolute atomic E-state index is 0.249. The van der Waals surface area contributed by atoms with Gasteiger partial charge in [0, 0.05) is 17.6 Å². The van der Waals surface area contributed by atoms with Crippen molar-refractivity contribution < 1.29 is 14.7 Å². The Kier molecular flexibility index (Phi) is 4.23. The summed E-state index contributed by atoms with van der Waals surface area (Å²) >= 11 is 0. The van der Waals surface area contributed by atoms with Crippen molar-refractivity contribution in [3.63, 3.8) is 0 Å². The smallest absolute Gasteiger partial charge is 0.228 e. The first kappa shape index (κ1) is 14.3. The van der Waals surface area contributed by atoms with Crippen LogP contribution < -0.4 is 10.4 Å². The number of aliphatic carboxylic acids is 1. The van der Waals surface area contributed by atoms with E-state index in [-0.39, 0.29) is 5.91 Å². The highest BCUT2D eigenvalue weighted by atomic mass is 16.4. The van der Waals surface area contributed by atoms with Gasteiger partial charge in [0.05, 0.1) is 5.92 Å². The summed E-state index contributed by atoms with van der Waals surface area (Å²) in [7, 11) is 0. The SMILES string of the molecule is Cc1cccc(C)c1NC(=O)[C@H]1CC=CC[C@H]1C(=O)[O-]. The van der Waals surface area contributed by atoms with E-state index in [4.69, 9.17) is 0 Å². The first-order chi connectivity index (χ1) is 9.50. The number of hydrogen-bond donors (Lipinski definition) is 1. The van der Waals surface area contributed by atoms with E-state index < -0.39 is 17.8 Å². The lowest BCUT2D eigenvalue weighted by Crippen LogP contribution is -2.41. The fourth-order valence-electron chi connectivity index (χ4n) is 2.59. The third-order valence-corrected chi connectivity index (χ3v) is 3.80. The minimum Gasteiger partial charge on any atom is -0.550 e. The number of allylic oxidation sites excluding steroid dienone is 2. The van der Waals surface area contributed by atoms with Gasteiger partial charge in [0.2, 0.25) is 5.91 Å². The molecule has 1 aromatic rings. The van der Waals surface area contributed by atoms with Gasteiger partial charge < -0.3 is 15.2 Å². The molecule has 0 aliphatic heterocycles. The normalized spacial score (nSPS) is 21.5. The van der Waals surface area contributed by atoms with E-state index in [1.807, 2.05) is 38.1 Å². The Balaban J connectivity index is 2.19. The molecular formula is C16H18NO3-. The van der Waals surface area contributed by atoms with Crippen molar-refractivity contribution in [3.05, 3.63) is 41.5 Å². The van der Waals surface area contributed by atoms with Crippen molar-refractivity contribution in [2.45, 2.75) is 26.7 Å². The van der Waals surface area contributed by atoms with Gasteiger partial charge in [-0.05, 0) is 37.8 Å². The van der Waals surface area contributed by atoms with Crippen molar-refractivity contribution in [2.24, 2.45) is 11.8 Å². The first-order valence-corrected chi connectivity index (χ1v) is 6.73. The van der Waals surface area contributed by atoms with Crippen LogP contribution in [0.25, 0.3) is 0 Å². The number of anilines is 1. The average molecular weight is 272 g/mol. The van der Waals surface area contributed by atoms with Gasteiger partial charge in [0.1, 0.15) is 0 Å². The molecule has 0 fully saturated rings. The molecular weight excluding hydrogens is 254 g/mol. The van der Waals surface area contributed by atoms with Crippen molar-refractivity contribution in [3.8, 4) is 0 Å². The molecule has 2 rings (SSSR count). The number of carbonyl (C=O) groups excluding carboxylic acids is 2. The fourth-order valence-corrected chi connectivity index (χ4v) is 2.59. The summed E-state index contributed by atoms with van der Waals surface area (Å²) in [6.45, 7) is 3.83. The first-order valence-electron chi connectivity index (χ1n) is 6.73. The third kappa shape index (κ3) is 2.90. The number of hydrogen-bond acceptors (Lipinski definition) is 3. The molecule has 4 heteroatoms. The molecule has 1 aromatic carbocycles. The summed E-state index contributed by atoms with van der Waals surface area (Å²) in [6, 6.07) is 5.76. The summed E-state index contributed by atoms with van der Waals surface area (Å²) in [4.78, 5) is 23.5. The Bertz CT molecular complexity index is 543. The van der Waals surface area contributed by atoms with Gasteiger partial charge in [0.15, 0.2) is 0 Å². The summed E-state index contributed by atoms with van der Waals surface area (Å²) < 4.78 is 0. The molecule has 0 bridgehead atoms. The molecule has 20 heavy (non-hydrogen) atoms. The van der Waals surface area contributed by atoms with Gasteiger partial charge in [-0.2, -0.15) is 0 Å². The second-order valence-electron chi connectivity index (χ2n) is 5.23. The second-order valence-corrected chi connectivity index (χ2v) is 5.23. The lowest BCUT2D eigenvalue weighted by molar-refractivity contribution is -0.313. The van der Waals surface area contributed by atoms with Gasteiger partial charge >= 0.3 is 0 Å². The molecule has 106 valence electrons. The van der Waals surface area contributed by atoms with E-state index >= 15 is 0 Å². The highest BCUT2D eigenvalue weighted by Crippen LogP contribution is 2.28. The van der Waals surface area contributed by atoms with Crippen LogP contribution in [-0.4, -0.2) is 11.9 Å². The molecule has 4 nitrogen and oxygen atoms in total. The zero-order chi connectivity index (χ0) is 14.7. The van der Waals surface area contributed by atoms with Crippen molar-refractivity contribution >= 4 is 17.6 Å². The van der Waals surface area contributed by atoms with E-state index in [2.05, 4.69) is 5.32 Å². The second kappa shape index (κ2) is 5.90. The molecule has 0 saturated carbocycles. The van der Waals surface area contributed by atoms with E-state index in [1.54, 1.807) is 6.08 Å². The van der Waals surface area contributed by atoms with Crippen LogP contribution in [0.2, 0.25) is 0 Å². The number of carbonyl (C=O) groups is 2. The fraction of sp³-hybridized carbons (Fsp3) is 0.375. The maximum absolute atomic E-state index is 12.4. The monoisotopic (exact) mass is 272 g/mol. The molecule has 0 heterocycles. The van der Waals surface area contributed by atoms with Crippen LogP contribution in [0.15, 0.2) is 30.4 Å². The summed E-state index contributed by atoms with van der Waals surface area (Å²) in [5.74, 6) is -2.72. The van der Waals surface area contributed by atoms with Crippen LogP contribution in [0.1, 0.15) is 24.0 Å². The molecule has 1 amide bonds. The van der Waals surface area contributed by atoms with E-state index in [9.17, 15) is 14.7 Å². The van der Waals surface area contributed by atoms with Crippen LogP contribution in [0.5, 0.6) is 0 Å². The number of para-hydroxylation sites is 1. The molecule has 1 aliphatic rings. The van der Waals surface area contributed by atoms with Gasteiger partial charge in [-0.3, -0.25) is 4.79 Å². The third-order valence-electron chi connectivity index (χ3n) is 3.80. The molecule has 0 spiro atoms. The maximum atomic E-state index is 12.4. The van der Waals surface area contributed by atoms with E-state index in [0.717, 1.165) is 16.8 Å². The Labute approximate surface area is 118 Å².